The Bertz CT molecular complexity index is 337. The molecule has 3 atom stereocenters. The smallest absolute Gasteiger partial charge is 0.226 e. The first kappa shape index (κ1) is 15.3. The molecule has 0 radical (unpaired) electrons. The van der Waals surface area contributed by atoms with Gasteiger partial charge in [-0.25, -0.2) is 0 Å². The van der Waals surface area contributed by atoms with Crippen molar-refractivity contribution in [3.63, 3.8) is 0 Å². The molecule has 0 aromatic heterocycles. The van der Waals surface area contributed by atoms with Gasteiger partial charge in [-0.05, 0) is 44.6 Å². The Morgan fingerprint density at radius 3 is 2.62 bits per heavy atom. The van der Waals surface area contributed by atoms with Crippen LogP contribution in [-0.4, -0.2) is 36.0 Å². The van der Waals surface area contributed by atoms with Gasteiger partial charge in [0.2, 0.25) is 5.91 Å². The summed E-state index contributed by atoms with van der Waals surface area (Å²) in [7, 11) is 0. The molecule has 2 bridgehead atoms. The van der Waals surface area contributed by atoms with E-state index in [1.54, 1.807) is 0 Å². The fourth-order valence-electron chi connectivity index (χ4n) is 4.82. The summed E-state index contributed by atoms with van der Waals surface area (Å²) < 4.78 is 0. The Morgan fingerprint density at radius 2 is 1.86 bits per heavy atom. The lowest BCUT2D eigenvalue weighted by atomic mass is 9.81. The van der Waals surface area contributed by atoms with E-state index in [1.807, 2.05) is 0 Å². The number of carbonyl (C=O) groups is 1. The minimum absolute atomic E-state index is 0.286. The number of nitrogens with one attached hydrogen (secondary N) is 1. The molecule has 1 saturated carbocycles. The molecule has 1 aliphatic carbocycles. The molecule has 3 nitrogen and oxygen atoms in total. The summed E-state index contributed by atoms with van der Waals surface area (Å²) in [4.78, 5) is 15.4. The number of hydrogen-bond donors (Lipinski definition) is 1. The molecule has 3 heteroatoms. The maximum atomic E-state index is 13.1. The monoisotopic (exact) mass is 292 g/mol. The Hall–Kier alpha value is -0.570. The van der Waals surface area contributed by atoms with E-state index in [9.17, 15) is 4.79 Å². The van der Waals surface area contributed by atoms with Crippen molar-refractivity contribution < 1.29 is 4.79 Å². The summed E-state index contributed by atoms with van der Waals surface area (Å²) in [6.45, 7) is 4.32. The molecule has 1 N–H and O–H groups in total. The number of fused-ring (bicyclic) bond motifs is 2. The molecular weight excluding hydrogens is 260 g/mol. The third-order valence-corrected chi connectivity index (χ3v) is 6.09. The summed E-state index contributed by atoms with van der Waals surface area (Å²) in [6.07, 6.45) is 12.7. The number of nitrogens with zero attached hydrogens (tertiary/aromatic N) is 1. The van der Waals surface area contributed by atoms with Crippen LogP contribution in [0.5, 0.6) is 0 Å². The van der Waals surface area contributed by atoms with Crippen molar-refractivity contribution in [1.29, 1.82) is 0 Å². The third-order valence-electron chi connectivity index (χ3n) is 6.09. The minimum Gasteiger partial charge on any atom is -0.335 e. The second-order valence-electron chi connectivity index (χ2n) is 7.47. The molecule has 3 unspecified atom stereocenters. The summed E-state index contributed by atoms with van der Waals surface area (Å²) in [5.41, 5.74) is 0. The standard InChI is InChI=1S/C18H32N2O/c1-2-15(12-14-6-4-3-5-7-14)18(21)20-16-8-9-17(20)13-19-11-10-16/h14-17,19H,2-13H2,1H3. The van der Waals surface area contributed by atoms with Gasteiger partial charge in [0, 0.05) is 24.5 Å². The molecule has 3 aliphatic rings. The van der Waals surface area contributed by atoms with Crippen LogP contribution >= 0.6 is 0 Å². The molecule has 2 aliphatic heterocycles. The molecule has 2 heterocycles. The number of amides is 1. The fraction of sp³-hybridized carbons (Fsp3) is 0.944. The minimum atomic E-state index is 0.286. The maximum absolute atomic E-state index is 13.1. The van der Waals surface area contributed by atoms with E-state index in [0.717, 1.165) is 38.3 Å². The normalized spacial score (nSPS) is 32.0. The molecule has 2 saturated heterocycles. The van der Waals surface area contributed by atoms with Crippen molar-refractivity contribution in [3.05, 3.63) is 0 Å². The van der Waals surface area contributed by atoms with Crippen molar-refractivity contribution in [2.24, 2.45) is 11.8 Å². The van der Waals surface area contributed by atoms with Crippen molar-refractivity contribution in [2.75, 3.05) is 13.1 Å². The van der Waals surface area contributed by atoms with Gasteiger partial charge < -0.3 is 10.2 Å². The van der Waals surface area contributed by atoms with E-state index in [1.165, 1.54) is 44.9 Å². The largest absolute Gasteiger partial charge is 0.335 e. The van der Waals surface area contributed by atoms with E-state index in [4.69, 9.17) is 0 Å². The van der Waals surface area contributed by atoms with Crippen LogP contribution in [0.25, 0.3) is 0 Å². The molecule has 1 amide bonds. The van der Waals surface area contributed by atoms with Crippen LogP contribution in [0.15, 0.2) is 0 Å². The van der Waals surface area contributed by atoms with Crippen LogP contribution in [0.4, 0.5) is 0 Å². The van der Waals surface area contributed by atoms with Crippen LogP contribution in [0.2, 0.25) is 0 Å². The van der Waals surface area contributed by atoms with Crippen molar-refractivity contribution in [2.45, 2.75) is 83.2 Å². The van der Waals surface area contributed by atoms with Crippen molar-refractivity contribution >= 4 is 5.91 Å². The van der Waals surface area contributed by atoms with E-state index in [0.29, 0.717) is 18.0 Å². The van der Waals surface area contributed by atoms with E-state index < -0.39 is 0 Å². The van der Waals surface area contributed by atoms with Crippen LogP contribution in [-0.2, 0) is 4.79 Å². The lowest BCUT2D eigenvalue weighted by Gasteiger charge is -2.33. The zero-order valence-electron chi connectivity index (χ0n) is 13.7. The highest BCUT2D eigenvalue weighted by atomic mass is 16.2. The molecule has 120 valence electrons. The zero-order valence-corrected chi connectivity index (χ0v) is 13.7. The third kappa shape index (κ3) is 3.44. The van der Waals surface area contributed by atoms with Crippen molar-refractivity contribution in [1.82, 2.24) is 10.2 Å². The molecule has 3 fully saturated rings. The quantitative estimate of drug-likeness (QED) is 0.862. The first-order valence-corrected chi connectivity index (χ1v) is 9.32. The van der Waals surface area contributed by atoms with Gasteiger partial charge in [-0.15, -0.1) is 0 Å². The first-order valence-electron chi connectivity index (χ1n) is 9.32. The molecule has 0 spiro atoms. The van der Waals surface area contributed by atoms with Gasteiger partial charge in [0.05, 0.1) is 0 Å². The Morgan fingerprint density at radius 1 is 1.10 bits per heavy atom. The highest BCUT2D eigenvalue weighted by Gasteiger charge is 2.40. The molecule has 21 heavy (non-hydrogen) atoms. The van der Waals surface area contributed by atoms with Crippen LogP contribution in [0.3, 0.4) is 0 Å². The van der Waals surface area contributed by atoms with Gasteiger partial charge >= 0.3 is 0 Å². The average Bonchev–Trinajstić information content (AvgIpc) is 2.78. The van der Waals surface area contributed by atoms with Gasteiger partial charge in [0.25, 0.3) is 0 Å². The lowest BCUT2D eigenvalue weighted by Crippen LogP contribution is -2.45. The van der Waals surface area contributed by atoms with E-state index >= 15 is 0 Å². The second kappa shape index (κ2) is 7.13. The summed E-state index contributed by atoms with van der Waals surface area (Å²) >= 11 is 0. The second-order valence-corrected chi connectivity index (χ2v) is 7.47. The summed E-state index contributed by atoms with van der Waals surface area (Å²) in [6, 6.07) is 1.00. The van der Waals surface area contributed by atoms with Gasteiger partial charge in [-0.3, -0.25) is 4.79 Å². The fourth-order valence-corrected chi connectivity index (χ4v) is 4.82. The highest BCUT2D eigenvalue weighted by Crippen LogP contribution is 2.34. The Balaban J connectivity index is 1.63. The van der Waals surface area contributed by atoms with Crippen molar-refractivity contribution in [3.8, 4) is 0 Å². The van der Waals surface area contributed by atoms with E-state index in [-0.39, 0.29) is 5.92 Å². The summed E-state index contributed by atoms with van der Waals surface area (Å²) in [5, 5.41) is 3.51. The number of hydrogen-bond acceptors (Lipinski definition) is 2. The zero-order chi connectivity index (χ0) is 14.7. The Labute approximate surface area is 129 Å². The average molecular weight is 292 g/mol. The molecule has 3 rings (SSSR count). The van der Waals surface area contributed by atoms with Crippen LogP contribution in [0.1, 0.15) is 71.1 Å². The molecular formula is C18H32N2O. The van der Waals surface area contributed by atoms with Gasteiger partial charge in [0.1, 0.15) is 0 Å². The highest BCUT2D eigenvalue weighted by molar-refractivity contribution is 5.80. The lowest BCUT2D eigenvalue weighted by molar-refractivity contribution is -0.139. The summed E-state index contributed by atoms with van der Waals surface area (Å²) in [5.74, 6) is 1.59. The Kier molecular flexibility index (Phi) is 5.20. The van der Waals surface area contributed by atoms with Crippen LogP contribution in [0, 0.1) is 11.8 Å². The maximum Gasteiger partial charge on any atom is 0.226 e. The predicted molar refractivity (Wildman–Crippen MR) is 86.1 cm³/mol. The SMILES string of the molecule is CCC(CC1CCCCC1)C(=O)N1C2CCNCC1CC2. The number of rotatable bonds is 4. The van der Waals surface area contributed by atoms with Crippen LogP contribution < -0.4 is 5.32 Å². The molecule has 0 aromatic carbocycles. The van der Waals surface area contributed by atoms with Gasteiger partial charge in [-0.1, -0.05) is 39.0 Å². The topological polar surface area (TPSA) is 32.3 Å². The van der Waals surface area contributed by atoms with E-state index in [2.05, 4.69) is 17.1 Å². The van der Waals surface area contributed by atoms with Gasteiger partial charge in [-0.2, -0.15) is 0 Å². The van der Waals surface area contributed by atoms with Gasteiger partial charge in [0.15, 0.2) is 0 Å². The first-order chi connectivity index (χ1) is 10.3. The molecule has 0 aromatic rings. The number of carbonyl (C=O) groups excluding carboxylic acids is 1. The predicted octanol–water partition coefficient (Wildman–Crippen LogP) is 3.34.